The molecule has 1 saturated carbocycles. The number of carbonyl (C=O) groups is 3. The van der Waals surface area contributed by atoms with E-state index in [-0.39, 0.29) is 43.2 Å². The number of amides is 1. The first-order valence-corrected chi connectivity index (χ1v) is 14.4. The van der Waals surface area contributed by atoms with E-state index in [2.05, 4.69) is 0 Å². The van der Waals surface area contributed by atoms with Gasteiger partial charge in [0, 0.05) is 28.3 Å². The van der Waals surface area contributed by atoms with Crippen molar-refractivity contribution in [1.82, 2.24) is 5.06 Å². The van der Waals surface area contributed by atoms with Crippen LogP contribution in [0.15, 0.2) is 54.1 Å². The first kappa shape index (κ1) is 27.4. The molecule has 0 unspecified atom stereocenters. The van der Waals surface area contributed by atoms with Crippen molar-refractivity contribution in [3.63, 3.8) is 0 Å². The third-order valence-corrected chi connectivity index (χ3v) is 8.14. The summed E-state index contributed by atoms with van der Waals surface area (Å²) in [7, 11) is -4.15. The third-order valence-electron chi connectivity index (χ3n) is 6.99. The Balaban J connectivity index is 1.39. The summed E-state index contributed by atoms with van der Waals surface area (Å²) in [6.45, 7) is -0.0167. The highest BCUT2D eigenvalue weighted by Gasteiger charge is 2.33. The highest BCUT2D eigenvalue weighted by atomic mass is 35.5. The normalized spacial score (nSPS) is 19.8. The Bertz CT molecular complexity index is 1250. The molecular formula is C27H29ClNO7P. The smallest absolute Gasteiger partial charge is 0.324 e. The predicted molar refractivity (Wildman–Crippen MR) is 138 cm³/mol. The molecule has 2 aromatic rings. The zero-order chi connectivity index (χ0) is 26.6. The number of allylic oxidation sites excluding steroid dienone is 2. The van der Waals surface area contributed by atoms with E-state index in [1.165, 1.54) is 11.6 Å². The second-order valence-corrected chi connectivity index (χ2v) is 11.7. The fourth-order valence-corrected chi connectivity index (χ4v) is 5.72. The van der Waals surface area contributed by atoms with Crippen LogP contribution in [0, 0.1) is 5.92 Å². The SMILES string of the molecule is O=CN(CCCP(=O)(O)O)OCc1ccc2c(c1)C(=O)C(C1CCC(c3ccc(Cl)cc3)CC1)=CC2=O. The quantitative estimate of drug-likeness (QED) is 0.243. The highest BCUT2D eigenvalue weighted by molar-refractivity contribution is 7.51. The number of benzene rings is 2. The highest BCUT2D eigenvalue weighted by Crippen LogP contribution is 2.41. The molecule has 37 heavy (non-hydrogen) atoms. The van der Waals surface area contributed by atoms with Gasteiger partial charge in [0.15, 0.2) is 11.6 Å². The first-order valence-electron chi connectivity index (χ1n) is 12.2. The Morgan fingerprint density at radius 2 is 1.68 bits per heavy atom. The number of halogens is 1. The summed E-state index contributed by atoms with van der Waals surface area (Å²) in [4.78, 5) is 60.9. The Morgan fingerprint density at radius 1 is 1.00 bits per heavy atom. The summed E-state index contributed by atoms with van der Waals surface area (Å²) in [5.41, 5.74) is 3.08. The third kappa shape index (κ3) is 7.03. The molecule has 8 nitrogen and oxygen atoms in total. The Hall–Kier alpha value is -2.61. The minimum atomic E-state index is -4.15. The molecule has 2 aliphatic carbocycles. The van der Waals surface area contributed by atoms with Gasteiger partial charge in [-0.3, -0.25) is 23.8 Å². The van der Waals surface area contributed by atoms with E-state index in [1.807, 2.05) is 24.3 Å². The summed E-state index contributed by atoms with van der Waals surface area (Å²) in [5.74, 6) is 0.0822. The van der Waals surface area contributed by atoms with Crippen LogP contribution < -0.4 is 0 Å². The van der Waals surface area contributed by atoms with Crippen molar-refractivity contribution in [1.29, 1.82) is 0 Å². The number of nitrogens with zero attached hydrogens (tertiary/aromatic N) is 1. The van der Waals surface area contributed by atoms with Crippen LogP contribution in [0.5, 0.6) is 0 Å². The molecule has 2 N–H and O–H groups in total. The molecule has 1 amide bonds. The van der Waals surface area contributed by atoms with Gasteiger partial charge in [0.25, 0.3) is 0 Å². The second kappa shape index (κ2) is 11.8. The summed E-state index contributed by atoms with van der Waals surface area (Å²) < 4.78 is 11.0. The van der Waals surface area contributed by atoms with Gasteiger partial charge in [0.05, 0.1) is 6.16 Å². The number of fused-ring (bicyclic) bond motifs is 1. The lowest BCUT2D eigenvalue weighted by molar-refractivity contribution is -0.177. The molecule has 0 heterocycles. The van der Waals surface area contributed by atoms with E-state index in [4.69, 9.17) is 26.2 Å². The molecule has 1 fully saturated rings. The molecule has 2 aromatic carbocycles. The summed E-state index contributed by atoms with van der Waals surface area (Å²) in [5, 5.41) is 1.67. The largest absolute Gasteiger partial charge is 0.325 e. The minimum Gasteiger partial charge on any atom is -0.324 e. The van der Waals surface area contributed by atoms with Crippen LogP contribution in [0.1, 0.15) is 69.9 Å². The molecule has 2 aliphatic rings. The molecule has 4 rings (SSSR count). The monoisotopic (exact) mass is 545 g/mol. The van der Waals surface area contributed by atoms with Crippen LogP contribution in [0.4, 0.5) is 0 Å². The van der Waals surface area contributed by atoms with Crippen LogP contribution in [-0.2, 0) is 20.8 Å². The number of hydrogen-bond donors (Lipinski definition) is 2. The Morgan fingerprint density at radius 3 is 2.32 bits per heavy atom. The van der Waals surface area contributed by atoms with Crippen LogP contribution in [-0.4, -0.2) is 45.5 Å². The van der Waals surface area contributed by atoms with Crippen LogP contribution in [0.2, 0.25) is 5.02 Å². The molecular weight excluding hydrogens is 517 g/mol. The number of hydrogen-bond acceptors (Lipinski definition) is 5. The number of rotatable bonds is 10. The van der Waals surface area contributed by atoms with Gasteiger partial charge in [-0.15, -0.1) is 0 Å². The summed E-state index contributed by atoms with van der Waals surface area (Å²) in [6, 6.07) is 12.8. The lowest BCUT2D eigenvalue weighted by Gasteiger charge is -2.31. The van der Waals surface area contributed by atoms with Crippen molar-refractivity contribution in [3.8, 4) is 0 Å². The van der Waals surface area contributed by atoms with E-state index < -0.39 is 7.60 Å². The van der Waals surface area contributed by atoms with Gasteiger partial charge in [-0.25, -0.2) is 5.06 Å². The maximum absolute atomic E-state index is 13.4. The van der Waals surface area contributed by atoms with Crippen molar-refractivity contribution in [3.05, 3.63) is 81.4 Å². The molecule has 0 aromatic heterocycles. The van der Waals surface area contributed by atoms with Crippen molar-refractivity contribution >= 4 is 37.2 Å². The lowest BCUT2D eigenvalue weighted by Crippen LogP contribution is -2.26. The molecule has 10 heteroatoms. The molecule has 0 saturated heterocycles. The standard InChI is InChI=1S/C27H29ClNO7P/c28-22-9-7-20(8-10-22)19-3-5-21(6-4-19)24-15-26(31)23-11-2-18(14-25(23)27(24)32)16-36-29(17-30)12-1-13-37(33,34)35/h2,7-11,14-15,17,19,21H,1,3-6,12-13,16H2,(H2,33,34,35). The van der Waals surface area contributed by atoms with Gasteiger partial charge in [-0.2, -0.15) is 0 Å². The van der Waals surface area contributed by atoms with Crippen molar-refractivity contribution in [2.75, 3.05) is 12.7 Å². The Labute approximate surface area is 220 Å². The van der Waals surface area contributed by atoms with E-state index in [0.717, 1.165) is 30.7 Å². The van der Waals surface area contributed by atoms with Crippen LogP contribution in [0.25, 0.3) is 0 Å². The average molecular weight is 546 g/mol. The van der Waals surface area contributed by atoms with E-state index in [9.17, 15) is 18.9 Å². The van der Waals surface area contributed by atoms with E-state index in [0.29, 0.717) is 39.6 Å². The fourth-order valence-electron chi connectivity index (χ4n) is 5.04. The number of ketones is 2. The zero-order valence-electron chi connectivity index (χ0n) is 20.2. The number of hydroxylamine groups is 2. The molecule has 0 atom stereocenters. The minimum absolute atomic E-state index is 0.0164. The number of carbonyl (C=O) groups excluding carboxylic acids is 3. The second-order valence-electron chi connectivity index (χ2n) is 9.53. The lowest BCUT2D eigenvalue weighted by atomic mass is 9.72. The molecule has 196 valence electrons. The molecule has 0 radical (unpaired) electrons. The summed E-state index contributed by atoms with van der Waals surface area (Å²) in [6.07, 6.45) is 5.14. The topological polar surface area (TPSA) is 121 Å². The van der Waals surface area contributed by atoms with Crippen molar-refractivity contribution < 1.29 is 33.6 Å². The summed E-state index contributed by atoms with van der Waals surface area (Å²) >= 11 is 6.01. The maximum Gasteiger partial charge on any atom is 0.325 e. The van der Waals surface area contributed by atoms with Crippen molar-refractivity contribution in [2.45, 2.75) is 44.6 Å². The van der Waals surface area contributed by atoms with E-state index in [1.54, 1.807) is 18.2 Å². The molecule has 0 spiro atoms. The van der Waals surface area contributed by atoms with Gasteiger partial charge in [-0.05, 0) is 85.4 Å². The van der Waals surface area contributed by atoms with Gasteiger partial charge in [0.2, 0.25) is 6.41 Å². The predicted octanol–water partition coefficient (Wildman–Crippen LogP) is 5.08. The number of Topliss-reactive ketones (excluding diaryl/α,β-unsaturated/α-hetero) is 1. The van der Waals surface area contributed by atoms with E-state index >= 15 is 0 Å². The van der Waals surface area contributed by atoms with Gasteiger partial charge in [-0.1, -0.05) is 29.8 Å². The van der Waals surface area contributed by atoms with Gasteiger partial charge in [0.1, 0.15) is 6.61 Å². The van der Waals surface area contributed by atoms with Gasteiger partial charge >= 0.3 is 7.60 Å². The van der Waals surface area contributed by atoms with Crippen molar-refractivity contribution in [2.24, 2.45) is 5.92 Å². The Kier molecular flexibility index (Phi) is 8.78. The van der Waals surface area contributed by atoms with Crippen LogP contribution >= 0.6 is 19.2 Å². The van der Waals surface area contributed by atoms with Gasteiger partial charge < -0.3 is 9.79 Å². The zero-order valence-corrected chi connectivity index (χ0v) is 21.9. The van der Waals surface area contributed by atoms with Crippen LogP contribution in [0.3, 0.4) is 0 Å². The fraction of sp³-hybridized carbons (Fsp3) is 0.370. The molecule has 0 aliphatic heterocycles. The first-order chi connectivity index (χ1) is 17.6. The maximum atomic E-state index is 13.4. The average Bonchev–Trinajstić information content (AvgIpc) is 2.88. The molecule has 0 bridgehead atoms.